The molecule has 0 amide bonds. The predicted molar refractivity (Wildman–Crippen MR) is 142 cm³/mol. The molecule has 36 heavy (non-hydrogen) atoms. The van der Waals surface area contributed by atoms with Crippen LogP contribution in [0.5, 0.6) is 5.75 Å². The molecule has 0 N–H and O–H groups in total. The maximum absolute atomic E-state index is 13.8. The zero-order valence-corrected chi connectivity index (χ0v) is 21.0. The highest BCUT2D eigenvalue weighted by Crippen LogP contribution is 2.41. The van der Waals surface area contributed by atoms with Gasteiger partial charge in [0.25, 0.3) is 5.56 Å². The van der Waals surface area contributed by atoms with Gasteiger partial charge in [-0.25, -0.2) is 4.99 Å². The van der Waals surface area contributed by atoms with E-state index >= 15 is 0 Å². The number of carbonyl (C=O) groups excluding carboxylic acids is 1. The third kappa shape index (κ3) is 3.92. The number of allylic oxidation sites excluding steroid dienone is 1. The normalized spacial score (nSPS) is 16.6. The fourth-order valence-corrected chi connectivity index (χ4v) is 6.07. The van der Waals surface area contributed by atoms with E-state index in [0.717, 1.165) is 35.2 Å². The molecule has 0 fully saturated rings. The molecule has 5 nitrogen and oxygen atoms in total. The Morgan fingerprint density at radius 3 is 2.61 bits per heavy atom. The van der Waals surface area contributed by atoms with Crippen molar-refractivity contribution < 1.29 is 9.53 Å². The highest BCUT2D eigenvalue weighted by molar-refractivity contribution is 7.07. The monoisotopic (exact) mass is 512 g/mol. The molecule has 3 aromatic carbocycles. The Labute approximate surface area is 216 Å². The maximum atomic E-state index is 13.8. The van der Waals surface area contributed by atoms with Crippen molar-refractivity contribution in [1.29, 1.82) is 0 Å². The van der Waals surface area contributed by atoms with Gasteiger partial charge in [-0.15, -0.1) is 0 Å². The Morgan fingerprint density at radius 2 is 1.81 bits per heavy atom. The van der Waals surface area contributed by atoms with Crippen molar-refractivity contribution in [3.05, 3.63) is 125 Å². The van der Waals surface area contributed by atoms with Crippen molar-refractivity contribution in [2.24, 2.45) is 4.99 Å². The van der Waals surface area contributed by atoms with Crippen molar-refractivity contribution in [2.45, 2.75) is 25.8 Å². The third-order valence-corrected chi connectivity index (χ3v) is 7.75. The lowest BCUT2D eigenvalue weighted by Gasteiger charge is -2.30. The first-order valence-corrected chi connectivity index (χ1v) is 12.8. The quantitative estimate of drug-likeness (QED) is 0.290. The van der Waals surface area contributed by atoms with Gasteiger partial charge in [0.2, 0.25) is 0 Å². The van der Waals surface area contributed by atoms with Gasteiger partial charge >= 0.3 is 5.97 Å². The van der Waals surface area contributed by atoms with Gasteiger partial charge in [-0.3, -0.25) is 14.2 Å². The van der Waals surface area contributed by atoms with Crippen LogP contribution in [0.15, 0.2) is 88.2 Å². The van der Waals surface area contributed by atoms with Crippen molar-refractivity contribution in [1.82, 2.24) is 4.57 Å². The molecule has 0 spiro atoms. The Hall–Kier alpha value is -3.74. The second-order valence-electron chi connectivity index (χ2n) is 8.80. The minimum Gasteiger partial charge on any atom is -0.426 e. The van der Waals surface area contributed by atoms with Gasteiger partial charge < -0.3 is 4.74 Å². The summed E-state index contributed by atoms with van der Waals surface area (Å²) in [6, 6.07) is 22.9. The standard InChI is InChI=1S/C29H21ClN2O3S/c1-17(33)35-24-9-5-3-7-20(24)16-25-28(34)32-27(19-10-13-21(30)14-11-19)23-15-12-18-6-2-4-8-22(18)26(23)31-29(32)36-25/h2-11,13-14,16,27H,12,15H2,1H3/b25-16+/t27-/m1/s1. The summed E-state index contributed by atoms with van der Waals surface area (Å²) in [5.41, 5.74) is 6.01. The van der Waals surface area contributed by atoms with Crippen LogP contribution in [0.25, 0.3) is 11.8 Å². The first kappa shape index (κ1) is 22.7. The van der Waals surface area contributed by atoms with E-state index in [9.17, 15) is 9.59 Å². The molecule has 1 aromatic heterocycles. The molecule has 0 radical (unpaired) electrons. The second-order valence-corrected chi connectivity index (χ2v) is 10.2. The van der Waals surface area contributed by atoms with E-state index < -0.39 is 5.97 Å². The summed E-state index contributed by atoms with van der Waals surface area (Å²) in [4.78, 5) is 31.1. The molecule has 0 saturated heterocycles. The molecular weight excluding hydrogens is 492 g/mol. The lowest BCUT2D eigenvalue weighted by molar-refractivity contribution is -0.131. The fourth-order valence-electron chi connectivity index (χ4n) is 4.96. The molecular formula is C29H21ClN2O3S. The number of hydrogen-bond donors (Lipinski definition) is 0. The van der Waals surface area contributed by atoms with Gasteiger partial charge in [0.1, 0.15) is 5.75 Å². The minimum atomic E-state index is -0.411. The summed E-state index contributed by atoms with van der Waals surface area (Å²) in [7, 11) is 0. The lowest BCUT2D eigenvalue weighted by Crippen LogP contribution is -2.38. The molecule has 7 heteroatoms. The van der Waals surface area contributed by atoms with Gasteiger partial charge in [-0.2, -0.15) is 0 Å². The average Bonchev–Trinajstić information content (AvgIpc) is 3.18. The van der Waals surface area contributed by atoms with E-state index in [2.05, 4.69) is 18.2 Å². The first-order valence-electron chi connectivity index (χ1n) is 11.7. The van der Waals surface area contributed by atoms with E-state index in [4.69, 9.17) is 21.3 Å². The van der Waals surface area contributed by atoms with Crippen LogP contribution in [0.2, 0.25) is 5.02 Å². The number of halogens is 1. The number of thiazole rings is 1. The molecule has 2 heterocycles. The second kappa shape index (κ2) is 9.04. The number of aromatic nitrogens is 1. The van der Waals surface area contributed by atoms with Gasteiger partial charge in [0, 0.05) is 23.1 Å². The topological polar surface area (TPSA) is 60.7 Å². The van der Waals surface area contributed by atoms with E-state index in [-0.39, 0.29) is 11.6 Å². The molecule has 0 saturated carbocycles. The number of para-hydroxylation sites is 1. The maximum Gasteiger partial charge on any atom is 0.308 e. The Balaban J connectivity index is 1.60. The summed E-state index contributed by atoms with van der Waals surface area (Å²) in [5.74, 6) is 0.00435. The summed E-state index contributed by atoms with van der Waals surface area (Å²) in [6.07, 6.45) is 3.49. The van der Waals surface area contributed by atoms with Gasteiger partial charge in [0.05, 0.1) is 16.3 Å². The molecule has 1 aliphatic heterocycles. The zero-order chi connectivity index (χ0) is 24.8. The van der Waals surface area contributed by atoms with Crippen molar-refractivity contribution in [3.8, 4) is 5.75 Å². The third-order valence-electron chi connectivity index (χ3n) is 6.52. The Morgan fingerprint density at radius 1 is 1.06 bits per heavy atom. The molecule has 2 aliphatic rings. The number of esters is 1. The summed E-state index contributed by atoms with van der Waals surface area (Å²) in [6.45, 7) is 1.36. The van der Waals surface area contributed by atoms with Gasteiger partial charge in [-0.05, 0) is 53.8 Å². The number of carbonyl (C=O) groups is 1. The van der Waals surface area contributed by atoms with Crippen LogP contribution in [0.4, 0.5) is 0 Å². The minimum absolute atomic E-state index is 0.123. The van der Waals surface area contributed by atoms with E-state index in [1.807, 2.05) is 42.5 Å². The molecule has 0 unspecified atom stereocenters. The molecule has 1 aliphatic carbocycles. The van der Waals surface area contributed by atoms with Crippen LogP contribution in [-0.4, -0.2) is 10.5 Å². The fraction of sp³-hybridized carbons (Fsp3) is 0.138. The number of nitrogens with zero attached hydrogens (tertiary/aromatic N) is 2. The lowest BCUT2D eigenvalue weighted by atomic mass is 9.83. The van der Waals surface area contributed by atoms with Crippen LogP contribution < -0.4 is 19.6 Å². The number of ether oxygens (including phenoxy) is 1. The summed E-state index contributed by atoms with van der Waals surface area (Å²) in [5, 5.41) is 0.649. The van der Waals surface area contributed by atoms with Crippen molar-refractivity contribution in [2.75, 3.05) is 0 Å². The molecule has 1 atom stereocenters. The predicted octanol–water partition coefficient (Wildman–Crippen LogP) is 4.90. The van der Waals surface area contributed by atoms with Crippen LogP contribution in [0, 0.1) is 0 Å². The first-order chi connectivity index (χ1) is 17.5. The van der Waals surface area contributed by atoms with Crippen molar-refractivity contribution >= 4 is 40.7 Å². The highest BCUT2D eigenvalue weighted by Gasteiger charge is 2.32. The molecule has 4 aromatic rings. The van der Waals surface area contributed by atoms with Crippen LogP contribution in [0.1, 0.15) is 41.6 Å². The summed E-state index contributed by atoms with van der Waals surface area (Å²) >= 11 is 7.54. The molecule has 0 bridgehead atoms. The summed E-state index contributed by atoms with van der Waals surface area (Å²) < 4.78 is 7.68. The van der Waals surface area contributed by atoms with E-state index in [1.165, 1.54) is 23.8 Å². The Kier molecular flexibility index (Phi) is 5.70. The number of rotatable bonds is 3. The number of aryl methyl sites for hydroxylation is 1. The zero-order valence-electron chi connectivity index (χ0n) is 19.4. The number of benzene rings is 3. The highest BCUT2D eigenvalue weighted by atomic mass is 35.5. The van der Waals surface area contributed by atoms with Gasteiger partial charge in [-0.1, -0.05) is 77.5 Å². The molecule has 178 valence electrons. The van der Waals surface area contributed by atoms with Crippen LogP contribution in [-0.2, 0) is 11.2 Å². The van der Waals surface area contributed by atoms with E-state index in [1.54, 1.807) is 22.8 Å². The largest absolute Gasteiger partial charge is 0.426 e. The van der Waals surface area contributed by atoms with Crippen molar-refractivity contribution in [3.63, 3.8) is 0 Å². The van der Waals surface area contributed by atoms with E-state index in [0.29, 0.717) is 25.7 Å². The molecule has 6 rings (SSSR count). The van der Waals surface area contributed by atoms with Crippen LogP contribution >= 0.6 is 22.9 Å². The Bertz CT molecular complexity index is 1730. The SMILES string of the molecule is CC(=O)Oc1ccccc1/C=c1/sc2n(c1=O)[C@H](c1ccc(Cl)cc1)C1=C(N=2)c2ccccc2CC1. The number of hydrogen-bond acceptors (Lipinski definition) is 5. The van der Waals surface area contributed by atoms with Gasteiger partial charge in [0.15, 0.2) is 4.80 Å². The smallest absolute Gasteiger partial charge is 0.308 e. The number of fused-ring (bicyclic) bond motifs is 3. The van der Waals surface area contributed by atoms with Crippen LogP contribution in [0.3, 0.4) is 0 Å². The average molecular weight is 513 g/mol.